The maximum Gasteiger partial charge on any atom is 0.248 e. The van der Waals surface area contributed by atoms with E-state index in [-0.39, 0.29) is 5.91 Å². The van der Waals surface area contributed by atoms with Crippen molar-refractivity contribution in [3.05, 3.63) is 77.3 Å². The summed E-state index contributed by atoms with van der Waals surface area (Å²) >= 11 is 3.21. The summed E-state index contributed by atoms with van der Waals surface area (Å²) in [5.74, 6) is -0.184. The Morgan fingerprint density at radius 1 is 1.11 bits per heavy atom. The second-order valence-corrected chi connectivity index (χ2v) is 5.06. The van der Waals surface area contributed by atoms with Crippen molar-refractivity contribution >= 4 is 27.5 Å². The lowest BCUT2D eigenvalue weighted by Crippen LogP contribution is -2.07. The standard InChI is InChI=1S/C16H16BrNO/c1-12(4-8-14(3)17)7-11-16(19)18-15-9-5-13(2)6-10-15/h4-11H,1,3H2,2H3,(H,18,19)/b8-4-,11-7+. The van der Waals surface area contributed by atoms with E-state index >= 15 is 0 Å². The second kappa shape index (κ2) is 7.54. The van der Waals surface area contributed by atoms with E-state index in [2.05, 4.69) is 34.4 Å². The summed E-state index contributed by atoms with van der Waals surface area (Å²) in [6.07, 6.45) is 6.64. The smallest absolute Gasteiger partial charge is 0.248 e. The monoisotopic (exact) mass is 317 g/mol. The Bertz CT molecular complexity index is 538. The second-order valence-electron chi connectivity index (χ2n) is 4.04. The number of halogens is 1. The quantitative estimate of drug-likeness (QED) is 0.628. The molecule has 0 fully saturated rings. The first-order valence-corrected chi connectivity index (χ1v) is 6.54. The Balaban J connectivity index is 2.53. The van der Waals surface area contributed by atoms with E-state index in [4.69, 9.17) is 0 Å². The first-order valence-electron chi connectivity index (χ1n) is 5.74. The number of carbonyl (C=O) groups is 1. The van der Waals surface area contributed by atoms with Gasteiger partial charge in [0.05, 0.1) is 0 Å². The zero-order valence-corrected chi connectivity index (χ0v) is 12.4. The Morgan fingerprint density at radius 3 is 2.26 bits per heavy atom. The van der Waals surface area contributed by atoms with Gasteiger partial charge in [-0.15, -0.1) is 0 Å². The molecule has 0 saturated carbocycles. The first kappa shape index (κ1) is 15.2. The normalized spacial score (nSPS) is 10.8. The molecule has 0 aliphatic heterocycles. The molecule has 0 radical (unpaired) electrons. The number of hydrogen-bond acceptors (Lipinski definition) is 1. The van der Waals surface area contributed by atoms with Crippen LogP contribution in [-0.4, -0.2) is 5.91 Å². The fourth-order valence-electron chi connectivity index (χ4n) is 1.26. The molecule has 0 saturated heterocycles. The number of carbonyl (C=O) groups excluding carboxylic acids is 1. The van der Waals surface area contributed by atoms with E-state index < -0.39 is 0 Å². The number of allylic oxidation sites excluding steroid dienone is 5. The molecule has 0 unspecified atom stereocenters. The molecule has 0 aliphatic rings. The van der Waals surface area contributed by atoms with E-state index in [9.17, 15) is 4.79 Å². The van der Waals surface area contributed by atoms with Crippen LogP contribution in [0.2, 0.25) is 0 Å². The molecule has 0 atom stereocenters. The van der Waals surface area contributed by atoms with Crippen molar-refractivity contribution in [3.8, 4) is 0 Å². The third-order valence-corrected chi connectivity index (χ3v) is 2.51. The summed E-state index contributed by atoms with van der Waals surface area (Å²) in [7, 11) is 0. The molecule has 1 aromatic rings. The van der Waals surface area contributed by atoms with Crippen LogP contribution < -0.4 is 5.32 Å². The third kappa shape index (κ3) is 6.58. The van der Waals surface area contributed by atoms with Crippen molar-refractivity contribution < 1.29 is 4.79 Å². The number of anilines is 1. The van der Waals surface area contributed by atoms with Crippen molar-refractivity contribution in [1.82, 2.24) is 0 Å². The van der Waals surface area contributed by atoms with Gasteiger partial charge in [-0.3, -0.25) is 4.79 Å². The van der Waals surface area contributed by atoms with E-state index in [1.165, 1.54) is 6.08 Å². The Hall–Kier alpha value is -1.87. The van der Waals surface area contributed by atoms with Crippen LogP contribution in [-0.2, 0) is 4.79 Å². The molecule has 0 heterocycles. The van der Waals surface area contributed by atoms with Gasteiger partial charge in [0, 0.05) is 16.2 Å². The molecule has 98 valence electrons. The van der Waals surface area contributed by atoms with Gasteiger partial charge in [-0.05, 0) is 30.7 Å². The van der Waals surface area contributed by atoms with E-state index in [0.717, 1.165) is 21.3 Å². The predicted octanol–water partition coefficient (Wildman–Crippen LogP) is 4.51. The maximum absolute atomic E-state index is 11.7. The molecule has 3 heteroatoms. The topological polar surface area (TPSA) is 29.1 Å². The van der Waals surface area contributed by atoms with Crippen molar-refractivity contribution in [2.45, 2.75) is 6.92 Å². The van der Waals surface area contributed by atoms with Gasteiger partial charge in [0.1, 0.15) is 0 Å². The largest absolute Gasteiger partial charge is 0.323 e. The van der Waals surface area contributed by atoms with Gasteiger partial charge in [-0.1, -0.05) is 58.9 Å². The molecular weight excluding hydrogens is 302 g/mol. The Kier molecular flexibility index (Phi) is 6.03. The van der Waals surface area contributed by atoms with Crippen molar-refractivity contribution in [2.24, 2.45) is 0 Å². The van der Waals surface area contributed by atoms with Crippen LogP contribution >= 0.6 is 15.9 Å². The minimum atomic E-state index is -0.184. The number of rotatable bonds is 5. The van der Waals surface area contributed by atoms with Crippen LogP contribution in [0.25, 0.3) is 0 Å². The predicted molar refractivity (Wildman–Crippen MR) is 85.3 cm³/mol. The van der Waals surface area contributed by atoms with Crippen LogP contribution in [0.3, 0.4) is 0 Å². The number of amides is 1. The minimum Gasteiger partial charge on any atom is -0.323 e. The van der Waals surface area contributed by atoms with E-state index in [1.807, 2.05) is 31.2 Å². The zero-order valence-electron chi connectivity index (χ0n) is 10.8. The van der Waals surface area contributed by atoms with Gasteiger partial charge in [0.25, 0.3) is 0 Å². The van der Waals surface area contributed by atoms with Crippen LogP contribution in [0.1, 0.15) is 5.56 Å². The summed E-state index contributed by atoms with van der Waals surface area (Å²) in [6.45, 7) is 9.47. The van der Waals surface area contributed by atoms with Gasteiger partial charge >= 0.3 is 0 Å². The molecular formula is C16H16BrNO. The minimum absolute atomic E-state index is 0.184. The van der Waals surface area contributed by atoms with Gasteiger partial charge in [-0.25, -0.2) is 0 Å². The van der Waals surface area contributed by atoms with Crippen LogP contribution in [0.15, 0.2) is 71.8 Å². The van der Waals surface area contributed by atoms with Crippen molar-refractivity contribution in [2.75, 3.05) is 5.32 Å². The van der Waals surface area contributed by atoms with E-state index in [1.54, 1.807) is 18.2 Å². The molecule has 1 rings (SSSR count). The van der Waals surface area contributed by atoms with Gasteiger partial charge in [-0.2, -0.15) is 0 Å². The molecule has 0 aromatic heterocycles. The highest BCUT2D eigenvalue weighted by atomic mass is 79.9. The molecule has 1 aromatic carbocycles. The van der Waals surface area contributed by atoms with Crippen molar-refractivity contribution in [1.29, 1.82) is 0 Å². The Labute approximate surface area is 122 Å². The highest BCUT2D eigenvalue weighted by Crippen LogP contribution is 2.09. The van der Waals surface area contributed by atoms with Crippen LogP contribution in [0, 0.1) is 6.92 Å². The maximum atomic E-state index is 11.7. The molecule has 2 nitrogen and oxygen atoms in total. The average molecular weight is 318 g/mol. The van der Waals surface area contributed by atoms with Gasteiger partial charge < -0.3 is 5.32 Å². The van der Waals surface area contributed by atoms with E-state index in [0.29, 0.717) is 0 Å². The molecule has 0 bridgehead atoms. The molecule has 1 N–H and O–H groups in total. The molecule has 1 amide bonds. The summed E-state index contributed by atoms with van der Waals surface area (Å²) in [4.78, 5) is 11.7. The summed E-state index contributed by atoms with van der Waals surface area (Å²) in [5, 5.41) is 2.77. The molecule has 0 spiro atoms. The third-order valence-electron chi connectivity index (χ3n) is 2.25. The number of aryl methyl sites for hydroxylation is 1. The SMILES string of the molecule is C=C(Br)/C=C\C(=C)/C=C/C(=O)Nc1ccc(C)cc1. The fourth-order valence-corrected chi connectivity index (χ4v) is 1.39. The molecule has 19 heavy (non-hydrogen) atoms. The lowest BCUT2D eigenvalue weighted by Gasteiger charge is -2.02. The molecule has 0 aliphatic carbocycles. The first-order chi connectivity index (χ1) is 8.97. The highest BCUT2D eigenvalue weighted by molar-refractivity contribution is 9.11. The lowest BCUT2D eigenvalue weighted by molar-refractivity contribution is -0.111. The average Bonchev–Trinajstić information content (AvgIpc) is 2.36. The van der Waals surface area contributed by atoms with Crippen LogP contribution in [0.5, 0.6) is 0 Å². The summed E-state index contributed by atoms with van der Waals surface area (Å²) < 4.78 is 0.756. The van der Waals surface area contributed by atoms with Crippen molar-refractivity contribution in [3.63, 3.8) is 0 Å². The van der Waals surface area contributed by atoms with Gasteiger partial charge in [0.15, 0.2) is 0 Å². The Morgan fingerprint density at radius 2 is 1.68 bits per heavy atom. The van der Waals surface area contributed by atoms with Gasteiger partial charge in [0.2, 0.25) is 5.91 Å². The zero-order chi connectivity index (χ0) is 14.3. The highest BCUT2D eigenvalue weighted by Gasteiger charge is 1.96. The lowest BCUT2D eigenvalue weighted by atomic mass is 10.2. The number of hydrogen-bond donors (Lipinski definition) is 1. The number of benzene rings is 1. The summed E-state index contributed by atoms with van der Waals surface area (Å²) in [5.41, 5.74) is 2.65. The summed E-state index contributed by atoms with van der Waals surface area (Å²) in [6, 6.07) is 7.63. The van der Waals surface area contributed by atoms with Crippen LogP contribution in [0.4, 0.5) is 5.69 Å². The fraction of sp³-hybridized carbons (Fsp3) is 0.0625. The number of nitrogens with one attached hydrogen (secondary N) is 1.